The molecule has 2 heterocycles. The summed E-state index contributed by atoms with van der Waals surface area (Å²) in [5.41, 5.74) is 0.357. The third-order valence-electron chi connectivity index (χ3n) is 10.3. The summed E-state index contributed by atoms with van der Waals surface area (Å²) in [5.74, 6) is -0.987. The smallest absolute Gasteiger partial charge is 0.306 e. The Bertz CT molecular complexity index is 1130. The van der Waals surface area contributed by atoms with Gasteiger partial charge in [0.05, 0.1) is 30.8 Å². The molecule has 0 aliphatic carbocycles. The molecular weight excluding hydrogens is 650 g/mol. The number of aliphatic hydroxyl groups excluding tert-OH is 1. The van der Waals surface area contributed by atoms with Crippen LogP contribution in [0, 0.1) is 17.8 Å². The van der Waals surface area contributed by atoms with Crippen molar-refractivity contribution in [1.82, 2.24) is 4.90 Å². The molecule has 294 valence electrons. The topological polar surface area (TPSA) is 132 Å². The van der Waals surface area contributed by atoms with Crippen molar-refractivity contribution in [1.29, 1.82) is 0 Å². The van der Waals surface area contributed by atoms with Crippen LogP contribution >= 0.6 is 0 Å². The Morgan fingerprint density at radius 2 is 1.63 bits per heavy atom. The van der Waals surface area contributed by atoms with Crippen molar-refractivity contribution in [3.05, 3.63) is 23.8 Å². The number of carbonyl (C=O) groups excluding carboxylic acids is 2. The zero-order valence-electron chi connectivity index (χ0n) is 33.3. The highest BCUT2D eigenvalue weighted by Gasteiger charge is 2.48. The van der Waals surface area contributed by atoms with Gasteiger partial charge in [0.15, 0.2) is 5.79 Å². The molecule has 7 atom stereocenters. The summed E-state index contributed by atoms with van der Waals surface area (Å²) >= 11 is 0. The van der Waals surface area contributed by atoms with Gasteiger partial charge in [-0.25, -0.2) is 0 Å². The van der Waals surface area contributed by atoms with E-state index in [2.05, 4.69) is 32.1 Å². The molecular formula is C41H71NO9. The summed E-state index contributed by atoms with van der Waals surface area (Å²) in [6.45, 7) is 16.5. The standard InChI is InChI=1S/C41H71NO9/c1-10-16-35(44)38(45)42-27-34(49-40(42,5)6)26-37-36(50-41(7,8)51-37)24-23-32(28-48-9)20-14-18-31(11-2)19-15-22-33(43)21-13-12-17-29(3)25-30(4)39(46)47/h14,18,20,29-31,34-37,44H,10-13,15-17,19,21-28H2,1-9H3,(H,46,47)/b18-14+,32-20-/t29-,30+,31+,34+,35+,36-,37+/m1/s1. The summed E-state index contributed by atoms with van der Waals surface area (Å²) in [5, 5.41) is 19.5. The molecule has 10 heteroatoms. The first-order valence-electron chi connectivity index (χ1n) is 19.6. The maximum absolute atomic E-state index is 13.0. The lowest BCUT2D eigenvalue weighted by atomic mass is 9.92. The number of methoxy groups -OCH3 is 1. The lowest BCUT2D eigenvalue weighted by Crippen LogP contribution is -2.48. The summed E-state index contributed by atoms with van der Waals surface area (Å²) in [6.07, 6.45) is 15.8. The van der Waals surface area contributed by atoms with Gasteiger partial charge < -0.3 is 34.1 Å². The van der Waals surface area contributed by atoms with Gasteiger partial charge in [-0.3, -0.25) is 14.4 Å². The van der Waals surface area contributed by atoms with E-state index >= 15 is 0 Å². The van der Waals surface area contributed by atoms with E-state index in [1.54, 1.807) is 18.9 Å². The third-order valence-corrected chi connectivity index (χ3v) is 10.3. The third kappa shape index (κ3) is 16.2. The highest BCUT2D eigenvalue weighted by Crippen LogP contribution is 2.37. The number of amides is 1. The van der Waals surface area contributed by atoms with Crippen LogP contribution in [0.3, 0.4) is 0 Å². The van der Waals surface area contributed by atoms with E-state index in [9.17, 15) is 19.5 Å². The Labute approximate surface area is 308 Å². The zero-order valence-corrected chi connectivity index (χ0v) is 33.3. The number of ketones is 1. The minimum absolute atomic E-state index is 0.142. The largest absolute Gasteiger partial charge is 0.481 e. The van der Waals surface area contributed by atoms with Gasteiger partial charge in [0.25, 0.3) is 5.91 Å². The minimum atomic E-state index is -1.02. The second-order valence-electron chi connectivity index (χ2n) is 16.0. The Hall–Kier alpha value is -2.11. The Balaban J connectivity index is 1.84. The molecule has 51 heavy (non-hydrogen) atoms. The van der Waals surface area contributed by atoms with Crippen molar-refractivity contribution in [2.45, 2.75) is 181 Å². The molecule has 0 radical (unpaired) electrons. The van der Waals surface area contributed by atoms with Crippen LogP contribution in [0.5, 0.6) is 0 Å². The predicted octanol–water partition coefficient (Wildman–Crippen LogP) is 8.00. The van der Waals surface area contributed by atoms with Gasteiger partial charge in [0, 0.05) is 32.9 Å². The van der Waals surface area contributed by atoms with E-state index in [0.717, 1.165) is 63.4 Å². The summed E-state index contributed by atoms with van der Waals surface area (Å²) < 4.78 is 24.5. The quantitative estimate of drug-likeness (QED) is 0.0711. The first-order chi connectivity index (χ1) is 24.0. The van der Waals surface area contributed by atoms with Gasteiger partial charge >= 0.3 is 5.97 Å². The molecule has 0 aromatic rings. The van der Waals surface area contributed by atoms with Crippen LogP contribution in [0.4, 0.5) is 0 Å². The van der Waals surface area contributed by atoms with Crippen molar-refractivity contribution >= 4 is 17.7 Å². The molecule has 0 spiro atoms. The van der Waals surface area contributed by atoms with Crippen LogP contribution in [-0.4, -0.2) is 89.0 Å². The SMILES string of the molecule is CCC[C@H](O)C(=O)N1C[C@H](C[C@@H]2OC(C)(C)O[C@@H]2CC/C(=C/C=C/[C@H](CC)CCCC(=O)CCCC[C@@H](C)C[C@H](C)C(=O)O)COC)OC1(C)C. The van der Waals surface area contributed by atoms with Crippen molar-refractivity contribution in [3.8, 4) is 0 Å². The number of hydrogen-bond donors (Lipinski definition) is 2. The maximum atomic E-state index is 13.0. The fourth-order valence-electron chi connectivity index (χ4n) is 7.42. The fourth-order valence-corrected chi connectivity index (χ4v) is 7.42. The monoisotopic (exact) mass is 722 g/mol. The number of allylic oxidation sites excluding steroid dienone is 3. The first-order valence-corrected chi connectivity index (χ1v) is 19.6. The van der Waals surface area contributed by atoms with Gasteiger partial charge in [-0.05, 0) is 96.5 Å². The van der Waals surface area contributed by atoms with Crippen LogP contribution in [0.2, 0.25) is 0 Å². The van der Waals surface area contributed by atoms with E-state index in [1.165, 1.54) is 0 Å². The van der Waals surface area contributed by atoms with Crippen molar-refractivity contribution in [2.75, 3.05) is 20.3 Å². The second kappa shape index (κ2) is 22.2. The summed E-state index contributed by atoms with van der Waals surface area (Å²) in [4.78, 5) is 38.2. The van der Waals surface area contributed by atoms with Gasteiger partial charge in [0.2, 0.25) is 0 Å². The fraction of sp³-hybridized carbons (Fsp3) is 0.829. The summed E-state index contributed by atoms with van der Waals surface area (Å²) in [7, 11) is 1.70. The second-order valence-corrected chi connectivity index (χ2v) is 16.0. The lowest BCUT2D eigenvalue weighted by Gasteiger charge is -2.31. The first kappa shape index (κ1) is 45.0. The molecule has 10 nitrogen and oxygen atoms in total. The number of aliphatic carboxylic acids is 1. The molecule has 2 saturated heterocycles. The van der Waals surface area contributed by atoms with Gasteiger partial charge in [-0.15, -0.1) is 0 Å². The molecule has 0 unspecified atom stereocenters. The van der Waals surface area contributed by atoms with Crippen LogP contribution in [0.15, 0.2) is 23.8 Å². The number of carboxylic acids is 1. The number of hydrogen-bond acceptors (Lipinski definition) is 8. The predicted molar refractivity (Wildman–Crippen MR) is 200 cm³/mol. The average molecular weight is 722 g/mol. The average Bonchev–Trinajstić information content (AvgIpc) is 3.52. The van der Waals surface area contributed by atoms with Gasteiger partial charge in [-0.1, -0.05) is 65.2 Å². The Morgan fingerprint density at radius 3 is 2.27 bits per heavy atom. The minimum Gasteiger partial charge on any atom is -0.481 e. The molecule has 2 aliphatic heterocycles. The van der Waals surface area contributed by atoms with Gasteiger partial charge in [-0.2, -0.15) is 0 Å². The van der Waals surface area contributed by atoms with Gasteiger partial charge in [0.1, 0.15) is 17.6 Å². The van der Waals surface area contributed by atoms with Crippen LogP contribution in [-0.2, 0) is 33.3 Å². The van der Waals surface area contributed by atoms with Crippen LogP contribution < -0.4 is 0 Å². The number of ether oxygens (including phenoxy) is 4. The van der Waals surface area contributed by atoms with Crippen molar-refractivity contribution in [3.63, 3.8) is 0 Å². The number of Topliss-reactive ketones (excluding diaryl/α,β-unsaturated/α-hetero) is 1. The Morgan fingerprint density at radius 1 is 0.941 bits per heavy atom. The van der Waals surface area contributed by atoms with Crippen molar-refractivity contribution in [2.24, 2.45) is 17.8 Å². The lowest BCUT2D eigenvalue weighted by molar-refractivity contribution is -0.157. The number of nitrogens with zero attached hydrogens (tertiary/aromatic N) is 1. The number of unbranched alkanes of at least 4 members (excludes halogenated alkanes) is 1. The molecule has 0 bridgehead atoms. The zero-order chi connectivity index (χ0) is 38.2. The highest BCUT2D eigenvalue weighted by atomic mass is 16.8. The molecule has 0 aromatic carbocycles. The molecule has 0 saturated carbocycles. The number of rotatable bonds is 25. The summed E-state index contributed by atoms with van der Waals surface area (Å²) in [6, 6.07) is 0. The van der Waals surface area contributed by atoms with Crippen LogP contribution in [0.25, 0.3) is 0 Å². The molecule has 0 aromatic heterocycles. The maximum Gasteiger partial charge on any atom is 0.306 e. The number of aliphatic hydroxyl groups is 1. The normalized spacial score (nSPS) is 24.2. The van der Waals surface area contributed by atoms with E-state index in [-0.39, 0.29) is 30.1 Å². The highest BCUT2D eigenvalue weighted by molar-refractivity contribution is 5.81. The number of carboxylic acid groups (broad SMARTS) is 1. The van der Waals surface area contributed by atoms with E-state index < -0.39 is 23.6 Å². The van der Waals surface area contributed by atoms with Crippen LogP contribution in [0.1, 0.15) is 145 Å². The molecule has 1 amide bonds. The Kier molecular flexibility index (Phi) is 19.6. The van der Waals surface area contributed by atoms with E-state index in [0.29, 0.717) is 62.9 Å². The molecule has 2 rings (SSSR count). The molecule has 2 fully saturated rings. The van der Waals surface area contributed by atoms with Crippen molar-refractivity contribution < 1.29 is 43.5 Å². The molecule has 2 N–H and O–H groups in total. The van der Waals surface area contributed by atoms with E-state index in [4.69, 9.17) is 24.1 Å². The van der Waals surface area contributed by atoms with E-state index in [1.807, 2.05) is 34.6 Å². The number of carbonyl (C=O) groups is 3. The molecule has 2 aliphatic rings.